The summed E-state index contributed by atoms with van der Waals surface area (Å²) < 4.78 is 40.0. The van der Waals surface area contributed by atoms with Crippen molar-refractivity contribution in [3.05, 3.63) is 51.1 Å². The molecule has 0 radical (unpaired) electrons. The topological polar surface area (TPSA) is 59.3 Å². The van der Waals surface area contributed by atoms with Crippen molar-refractivity contribution in [3.8, 4) is 0 Å². The number of alkyl halides is 3. The van der Waals surface area contributed by atoms with Gasteiger partial charge < -0.3 is 5.32 Å². The van der Waals surface area contributed by atoms with Crippen LogP contribution >= 0.6 is 46.6 Å². The fourth-order valence-electron chi connectivity index (χ4n) is 2.10. The van der Waals surface area contributed by atoms with Crippen molar-refractivity contribution >= 4 is 63.8 Å². The maximum absolute atomic E-state index is 13.0. The van der Waals surface area contributed by atoms with Gasteiger partial charge in [-0.05, 0) is 18.2 Å². The fourth-order valence-corrected chi connectivity index (χ4v) is 3.41. The predicted octanol–water partition coefficient (Wildman–Crippen LogP) is 5.44. The van der Waals surface area contributed by atoms with Crippen LogP contribution in [0.4, 0.5) is 18.9 Å². The molecule has 2 aromatic heterocycles. The number of hydrogen-bond acceptors (Lipinski definition) is 4. The Hall–Kier alpha value is -1.68. The molecule has 0 spiro atoms. The van der Waals surface area contributed by atoms with Gasteiger partial charge in [-0.25, -0.2) is 0 Å². The number of hydrogen-bond donors (Lipinski definition) is 1. The monoisotopic (exact) mass is 454 g/mol. The molecule has 2 heterocycles. The summed E-state index contributed by atoms with van der Waals surface area (Å²) in [5.74, 6) is -0.587. The first-order valence-electron chi connectivity index (χ1n) is 7.15. The summed E-state index contributed by atoms with van der Waals surface area (Å²) in [5, 5.41) is 10.5. The van der Waals surface area contributed by atoms with Crippen molar-refractivity contribution in [3.63, 3.8) is 0 Å². The van der Waals surface area contributed by atoms with Crippen molar-refractivity contribution in [2.45, 2.75) is 11.3 Å². The second-order valence-electron chi connectivity index (χ2n) is 5.19. The second kappa shape index (κ2) is 7.75. The van der Waals surface area contributed by atoms with E-state index in [4.69, 9.17) is 34.8 Å². The minimum Gasteiger partial charge on any atom is -0.324 e. The molecular formula is C15H8Cl3F3N4OS. The molecule has 3 rings (SSSR count). The Kier molecular flexibility index (Phi) is 5.76. The molecule has 3 aromatic rings. The molecule has 5 nitrogen and oxygen atoms in total. The smallest absolute Gasteiger partial charge is 0.324 e. The lowest BCUT2D eigenvalue weighted by Gasteiger charge is -2.09. The van der Waals surface area contributed by atoms with E-state index < -0.39 is 17.6 Å². The van der Waals surface area contributed by atoms with Crippen LogP contribution < -0.4 is 5.32 Å². The van der Waals surface area contributed by atoms with E-state index in [0.29, 0.717) is 5.69 Å². The van der Waals surface area contributed by atoms with Crippen molar-refractivity contribution in [1.82, 2.24) is 14.6 Å². The number of nitrogens with one attached hydrogen (secondary N) is 1. The molecule has 27 heavy (non-hydrogen) atoms. The van der Waals surface area contributed by atoms with Gasteiger partial charge in [-0.1, -0.05) is 52.6 Å². The van der Waals surface area contributed by atoms with E-state index in [1.165, 1.54) is 0 Å². The van der Waals surface area contributed by atoms with Gasteiger partial charge in [-0.15, -0.1) is 10.2 Å². The number of halogens is 6. The summed E-state index contributed by atoms with van der Waals surface area (Å²) in [6, 6.07) is 5.52. The van der Waals surface area contributed by atoms with Crippen LogP contribution in [0.15, 0.2) is 35.6 Å². The molecule has 1 N–H and O–H groups in total. The Morgan fingerprint density at radius 2 is 1.93 bits per heavy atom. The molecule has 0 bridgehead atoms. The number of pyridine rings is 1. The van der Waals surface area contributed by atoms with Crippen LogP contribution in [0, 0.1) is 0 Å². The van der Waals surface area contributed by atoms with Crippen LogP contribution in [0.1, 0.15) is 5.56 Å². The molecule has 0 fully saturated rings. The molecule has 0 unspecified atom stereocenters. The number of anilines is 1. The maximum atomic E-state index is 13.0. The molecule has 12 heteroatoms. The number of aromatic nitrogens is 3. The molecule has 142 valence electrons. The third-order valence-electron chi connectivity index (χ3n) is 3.31. The highest BCUT2D eigenvalue weighted by Crippen LogP contribution is 2.33. The molecule has 0 saturated heterocycles. The molecular weight excluding hydrogens is 448 g/mol. The van der Waals surface area contributed by atoms with Crippen molar-refractivity contribution in [1.29, 1.82) is 0 Å². The van der Waals surface area contributed by atoms with Crippen LogP contribution in [-0.2, 0) is 11.0 Å². The summed E-state index contributed by atoms with van der Waals surface area (Å²) in [5.41, 5.74) is -0.564. The van der Waals surface area contributed by atoms with E-state index in [1.54, 1.807) is 18.2 Å². The Morgan fingerprint density at radius 3 is 2.63 bits per heavy atom. The van der Waals surface area contributed by atoms with Crippen molar-refractivity contribution < 1.29 is 18.0 Å². The van der Waals surface area contributed by atoms with E-state index in [2.05, 4.69) is 15.5 Å². The molecule has 0 aliphatic carbocycles. The van der Waals surface area contributed by atoms with Gasteiger partial charge in [0.25, 0.3) is 0 Å². The largest absolute Gasteiger partial charge is 0.417 e. The molecule has 0 saturated carbocycles. The summed E-state index contributed by atoms with van der Waals surface area (Å²) in [6.45, 7) is 0. The zero-order chi connectivity index (χ0) is 19.8. The van der Waals surface area contributed by atoms with Gasteiger partial charge in [0.15, 0.2) is 10.8 Å². The molecule has 0 aliphatic heterocycles. The molecule has 1 aromatic carbocycles. The third-order valence-corrected chi connectivity index (χ3v) is 5.35. The summed E-state index contributed by atoms with van der Waals surface area (Å²) >= 11 is 18.6. The van der Waals surface area contributed by atoms with Gasteiger partial charge in [0.1, 0.15) is 0 Å². The second-order valence-corrected chi connectivity index (χ2v) is 7.32. The molecule has 0 atom stereocenters. The van der Waals surface area contributed by atoms with E-state index in [1.807, 2.05) is 0 Å². The van der Waals surface area contributed by atoms with Crippen LogP contribution in [0.25, 0.3) is 5.65 Å². The number of carbonyl (C=O) groups is 1. The number of carbonyl (C=O) groups excluding carboxylic acids is 1. The van der Waals surface area contributed by atoms with Crippen LogP contribution in [0.5, 0.6) is 0 Å². The Bertz CT molecular complexity index is 1030. The zero-order valence-corrected chi connectivity index (χ0v) is 16.1. The first kappa shape index (κ1) is 20.1. The lowest BCUT2D eigenvalue weighted by molar-refractivity contribution is -0.137. The lowest BCUT2D eigenvalue weighted by Crippen LogP contribution is -2.14. The highest BCUT2D eigenvalue weighted by atomic mass is 35.5. The lowest BCUT2D eigenvalue weighted by atomic mass is 10.3. The first-order chi connectivity index (χ1) is 12.7. The average molecular weight is 456 g/mol. The highest BCUT2D eigenvalue weighted by Gasteiger charge is 2.32. The van der Waals surface area contributed by atoms with Gasteiger partial charge in [-0.2, -0.15) is 13.2 Å². The quantitative estimate of drug-likeness (QED) is 0.532. The van der Waals surface area contributed by atoms with Gasteiger partial charge in [0, 0.05) is 6.20 Å². The summed E-state index contributed by atoms with van der Waals surface area (Å²) in [6.07, 6.45) is -3.75. The Balaban J connectivity index is 1.78. The van der Waals surface area contributed by atoms with E-state index in [9.17, 15) is 18.0 Å². The zero-order valence-electron chi connectivity index (χ0n) is 13.0. The van der Waals surface area contributed by atoms with Gasteiger partial charge in [-0.3, -0.25) is 9.20 Å². The predicted molar refractivity (Wildman–Crippen MR) is 98.8 cm³/mol. The summed E-state index contributed by atoms with van der Waals surface area (Å²) in [4.78, 5) is 12.1. The van der Waals surface area contributed by atoms with E-state index in [0.717, 1.165) is 28.4 Å². The van der Waals surface area contributed by atoms with Crippen LogP contribution in [0.3, 0.4) is 0 Å². The highest BCUT2D eigenvalue weighted by molar-refractivity contribution is 7.99. The van der Waals surface area contributed by atoms with Gasteiger partial charge >= 0.3 is 6.18 Å². The van der Waals surface area contributed by atoms with Crippen molar-refractivity contribution in [2.24, 2.45) is 0 Å². The average Bonchev–Trinajstić information content (AvgIpc) is 3.00. The minimum atomic E-state index is -4.58. The number of rotatable bonds is 4. The number of amides is 1. The first-order valence-corrected chi connectivity index (χ1v) is 9.27. The van der Waals surface area contributed by atoms with Crippen LogP contribution in [0.2, 0.25) is 15.1 Å². The SMILES string of the molecule is O=C(CSc1nnc2c(Cl)cc(C(F)(F)F)cn12)Nc1cccc(Cl)c1Cl. The van der Waals surface area contributed by atoms with Crippen molar-refractivity contribution in [2.75, 3.05) is 11.1 Å². The Labute approximate surface area is 169 Å². The van der Waals surface area contributed by atoms with Gasteiger partial charge in [0.05, 0.1) is 32.1 Å². The number of nitrogens with zero attached hydrogens (tertiary/aromatic N) is 3. The number of benzene rings is 1. The molecule has 1 amide bonds. The summed E-state index contributed by atoms with van der Waals surface area (Å²) in [7, 11) is 0. The standard InChI is InChI=1S/C15H8Cl3F3N4OS/c16-8-2-1-3-10(12(8)18)22-11(26)6-27-14-24-23-13-9(17)4-7(5-25(13)14)15(19,20)21/h1-5H,6H2,(H,22,26). The third kappa shape index (κ3) is 4.43. The molecule has 0 aliphatic rings. The van der Waals surface area contributed by atoms with E-state index >= 15 is 0 Å². The minimum absolute atomic E-state index is 0.0606. The van der Waals surface area contributed by atoms with Crippen LogP contribution in [-0.4, -0.2) is 26.3 Å². The van der Waals surface area contributed by atoms with E-state index in [-0.39, 0.29) is 31.6 Å². The van der Waals surface area contributed by atoms with Gasteiger partial charge in [0.2, 0.25) is 5.91 Å². The fraction of sp³-hybridized carbons (Fsp3) is 0.133. The number of thioether (sulfide) groups is 1. The maximum Gasteiger partial charge on any atom is 0.417 e. The number of fused-ring (bicyclic) bond motifs is 1. The normalized spacial score (nSPS) is 11.8. The Morgan fingerprint density at radius 1 is 1.19 bits per heavy atom.